The lowest BCUT2D eigenvalue weighted by Gasteiger charge is -2.07. The fraction of sp³-hybridized carbons (Fsp3) is 0.400. The lowest BCUT2D eigenvalue weighted by molar-refractivity contribution is 0.415. The van der Waals surface area contributed by atoms with Crippen molar-refractivity contribution < 1.29 is 4.74 Å². The fourth-order valence-corrected chi connectivity index (χ4v) is 2.47. The molecule has 5 heteroatoms. The Morgan fingerprint density at radius 2 is 2.15 bits per heavy atom. The number of halogens is 1. The third-order valence-corrected chi connectivity index (χ3v) is 3.48. The molecule has 0 saturated carbocycles. The maximum absolute atomic E-state index is 6.11. The van der Waals surface area contributed by atoms with E-state index < -0.39 is 0 Å². The van der Waals surface area contributed by atoms with E-state index in [1.165, 1.54) is 5.56 Å². The molecule has 0 bridgehead atoms. The summed E-state index contributed by atoms with van der Waals surface area (Å²) in [6.45, 7) is 3.69. The molecule has 1 aromatic carbocycles. The average molecular weight is 294 g/mol. The van der Waals surface area contributed by atoms with Gasteiger partial charge in [0.1, 0.15) is 5.75 Å². The first-order valence-electron chi connectivity index (χ1n) is 6.68. The van der Waals surface area contributed by atoms with Crippen LogP contribution in [-0.2, 0) is 26.6 Å². The number of nitrogens with zero attached hydrogens (tertiary/aromatic N) is 2. The summed E-state index contributed by atoms with van der Waals surface area (Å²) in [5, 5.41) is 8.49. The first-order chi connectivity index (χ1) is 9.63. The molecule has 0 amide bonds. The molecule has 0 aliphatic heterocycles. The van der Waals surface area contributed by atoms with Gasteiger partial charge in [-0.3, -0.25) is 4.68 Å². The van der Waals surface area contributed by atoms with Crippen molar-refractivity contribution in [3.63, 3.8) is 0 Å². The number of hydrogen-bond acceptors (Lipinski definition) is 3. The minimum atomic E-state index is 0.641. The topological polar surface area (TPSA) is 39.1 Å². The van der Waals surface area contributed by atoms with Gasteiger partial charge < -0.3 is 10.1 Å². The van der Waals surface area contributed by atoms with Gasteiger partial charge in [0, 0.05) is 31.9 Å². The predicted molar refractivity (Wildman–Crippen MR) is 81.1 cm³/mol. The minimum Gasteiger partial charge on any atom is -0.495 e. The van der Waals surface area contributed by atoms with Crippen LogP contribution in [0, 0.1) is 0 Å². The van der Waals surface area contributed by atoms with Gasteiger partial charge in [-0.05, 0) is 24.1 Å². The zero-order chi connectivity index (χ0) is 14.5. The molecule has 2 aromatic rings. The van der Waals surface area contributed by atoms with Crippen molar-refractivity contribution in [1.82, 2.24) is 15.1 Å². The second-order valence-electron chi connectivity index (χ2n) is 4.70. The van der Waals surface area contributed by atoms with Crippen molar-refractivity contribution in [3.8, 4) is 5.75 Å². The second-order valence-corrected chi connectivity index (χ2v) is 5.11. The maximum atomic E-state index is 6.11. The number of aromatic nitrogens is 2. The standard InChI is InChI=1S/C15H20ClN3O/c1-4-14-12(10-19(2)18-14)9-17-8-11-5-6-15(20-3)13(16)7-11/h5-7,10,17H,4,8-9H2,1-3H3. The summed E-state index contributed by atoms with van der Waals surface area (Å²) in [7, 11) is 3.57. The molecule has 0 radical (unpaired) electrons. The van der Waals surface area contributed by atoms with Crippen molar-refractivity contribution in [1.29, 1.82) is 0 Å². The SMILES string of the molecule is CCc1nn(C)cc1CNCc1ccc(OC)c(Cl)c1. The zero-order valence-electron chi connectivity index (χ0n) is 12.1. The predicted octanol–water partition coefficient (Wildman–Crippen LogP) is 2.93. The Morgan fingerprint density at radius 3 is 2.80 bits per heavy atom. The highest BCUT2D eigenvalue weighted by Crippen LogP contribution is 2.24. The van der Waals surface area contributed by atoms with Gasteiger partial charge in [-0.25, -0.2) is 0 Å². The van der Waals surface area contributed by atoms with E-state index in [0.717, 1.165) is 30.8 Å². The van der Waals surface area contributed by atoms with Crippen LogP contribution < -0.4 is 10.1 Å². The maximum Gasteiger partial charge on any atom is 0.137 e. The highest BCUT2D eigenvalue weighted by atomic mass is 35.5. The van der Waals surface area contributed by atoms with Crippen LogP contribution in [0.15, 0.2) is 24.4 Å². The van der Waals surface area contributed by atoms with Crippen LogP contribution in [-0.4, -0.2) is 16.9 Å². The molecule has 0 spiro atoms. The number of rotatable bonds is 6. The van der Waals surface area contributed by atoms with Gasteiger partial charge in [0.2, 0.25) is 0 Å². The third-order valence-electron chi connectivity index (χ3n) is 3.19. The van der Waals surface area contributed by atoms with Crippen LogP contribution in [0.1, 0.15) is 23.7 Å². The van der Waals surface area contributed by atoms with E-state index in [1.54, 1.807) is 7.11 Å². The molecule has 108 valence electrons. The van der Waals surface area contributed by atoms with Crippen LogP contribution in [0.5, 0.6) is 5.75 Å². The van der Waals surface area contributed by atoms with Crippen molar-refractivity contribution in [2.75, 3.05) is 7.11 Å². The second kappa shape index (κ2) is 6.77. The van der Waals surface area contributed by atoms with Crippen LogP contribution >= 0.6 is 11.6 Å². The van der Waals surface area contributed by atoms with Gasteiger partial charge in [-0.2, -0.15) is 5.10 Å². The fourth-order valence-electron chi connectivity index (χ4n) is 2.19. The Bertz CT molecular complexity index is 580. The molecule has 0 saturated heterocycles. The molecule has 4 nitrogen and oxygen atoms in total. The van der Waals surface area contributed by atoms with Crippen LogP contribution in [0.2, 0.25) is 5.02 Å². The molecule has 0 unspecified atom stereocenters. The van der Waals surface area contributed by atoms with Gasteiger partial charge in [0.25, 0.3) is 0 Å². The Labute approximate surface area is 124 Å². The summed E-state index contributed by atoms with van der Waals surface area (Å²) in [4.78, 5) is 0. The average Bonchev–Trinajstić information content (AvgIpc) is 2.79. The quantitative estimate of drug-likeness (QED) is 0.890. The van der Waals surface area contributed by atoms with E-state index >= 15 is 0 Å². The molecule has 2 rings (SSSR count). The lowest BCUT2D eigenvalue weighted by atomic mass is 10.2. The van der Waals surface area contributed by atoms with Crippen LogP contribution in [0.25, 0.3) is 0 Å². The Hall–Kier alpha value is -1.52. The van der Waals surface area contributed by atoms with E-state index in [0.29, 0.717) is 10.8 Å². The highest BCUT2D eigenvalue weighted by Gasteiger charge is 2.06. The van der Waals surface area contributed by atoms with E-state index in [9.17, 15) is 0 Å². The monoisotopic (exact) mass is 293 g/mol. The molecule has 0 aliphatic rings. The molecular weight excluding hydrogens is 274 g/mol. The molecule has 1 aromatic heterocycles. The molecule has 0 fully saturated rings. The summed E-state index contributed by atoms with van der Waals surface area (Å²) in [6, 6.07) is 5.83. The molecule has 20 heavy (non-hydrogen) atoms. The molecule has 1 heterocycles. The Balaban J connectivity index is 1.94. The van der Waals surface area contributed by atoms with Gasteiger partial charge in [0.15, 0.2) is 0 Å². The van der Waals surface area contributed by atoms with E-state index in [1.807, 2.05) is 29.9 Å². The number of methoxy groups -OCH3 is 1. The van der Waals surface area contributed by atoms with Crippen LogP contribution in [0.4, 0.5) is 0 Å². The summed E-state index contributed by atoms with van der Waals surface area (Å²) in [5.41, 5.74) is 3.53. The number of hydrogen-bond donors (Lipinski definition) is 1. The number of nitrogens with one attached hydrogen (secondary N) is 1. The smallest absolute Gasteiger partial charge is 0.137 e. The zero-order valence-corrected chi connectivity index (χ0v) is 12.9. The summed E-state index contributed by atoms with van der Waals surface area (Å²) in [6.07, 6.45) is 3.01. The normalized spacial score (nSPS) is 10.8. The van der Waals surface area contributed by atoms with Crippen molar-refractivity contribution in [2.24, 2.45) is 7.05 Å². The van der Waals surface area contributed by atoms with Crippen molar-refractivity contribution >= 4 is 11.6 Å². The number of ether oxygens (including phenoxy) is 1. The van der Waals surface area contributed by atoms with Gasteiger partial charge >= 0.3 is 0 Å². The molecule has 1 N–H and O–H groups in total. The number of benzene rings is 1. The Morgan fingerprint density at radius 1 is 1.35 bits per heavy atom. The lowest BCUT2D eigenvalue weighted by Crippen LogP contribution is -2.13. The molecule has 0 aliphatic carbocycles. The first-order valence-corrected chi connectivity index (χ1v) is 7.06. The van der Waals surface area contributed by atoms with E-state index in [2.05, 4.69) is 23.5 Å². The van der Waals surface area contributed by atoms with Gasteiger partial charge in [0.05, 0.1) is 17.8 Å². The first kappa shape index (κ1) is 14.9. The minimum absolute atomic E-state index is 0.641. The van der Waals surface area contributed by atoms with Crippen LogP contribution in [0.3, 0.4) is 0 Å². The summed E-state index contributed by atoms with van der Waals surface area (Å²) < 4.78 is 7.00. The third kappa shape index (κ3) is 3.52. The largest absolute Gasteiger partial charge is 0.495 e. The van der Waals surface area contributed by atoms with E-state index in [-0.39, 0.29) is 0 Å². The van der Waals surface area contributed by atoms with Gasteiger partial charge in [-0.15, -0.1) is 0 Å². The highest BCUT2D eigenvalue weighted by molar-refractivity contribution is 6.32. The number of aryl methyl sites for hydroxylation is 2. The summed E-state index contributed by atoms with van der Waals surface area (Å²) in [5.74, 6) is 0.705. The van der Waals surface area contributed by atoms with Crippen molar-refractivity contribution in [3.05, 3.63) is 46.2 Å². The molecule has 0 atom stereocenters. The molecular formula is C15H20ClN3O. The van der Waals surface area contributed by atoms with Gasteiger partial charge in [-0.1, -0.05) is 24.6 Å². The van der Waals surface area contributed by atoms with Crippen molar-refractivity contribution in [2.45, 2.75) is 26.4 Å². The Kier molecular flexibility index (Phi) is 5.04. The van der Waals surface area contributed by atoms with E-state index in [4.69, 9.17) is 16.3 Å². The summed E-state index contributed by atoms with van der Waals surface area (Å²) >= 11 is 6.11.